The molecule has 0 aliphatic heterocycles. The van der Waals surface area contributed by atoms with Crippen molar-refractivity contribution in [1.82, 2.24) is 4.98 Å². The third kappa shape index (κ3) is 2.36. The predicted molar refractivity (Wildman–Crippen MR) is 88.8 cm³/mol. The molecule has 22 heavy (non-hydrogen) atoms. The minimum Gasteiger partial charge on any atom is -0.455 e. The van der Waals surface area contributed by atoms with Crippen molar-refractivity contribution in [1.29, 1.82) is 0 Å². The maximum Gasteiger partial charge on any atom is 0.260 e. The number of hydrogen-bond acceptors (Lipinski definition) is 5. The summed E-state index contributed by atoms with van der Waals surface area (Å²) in [6, 6.07) is 7.16. The van der Waals surface area contributed by atoms with Crippen molar-refractivity contribution in [3.63, 3.8) is 0 Å². The Morgan fingerprint density at radius 3 is 2.82 bits per heavy atom. The van der Waals surface area contributed by atoms with Gasteiger partial charge in [0.05, 0.1) is 16.1 Å². The fourth-order valence-electron chi connectivity index (χ4n) is 2.14. The van der Waals surface area contributed by atoms with Crippen LogP contribution in [0.15, 0.2) is 30.5 Å². The number of hydrogen-bond donors (Lipinski definition) is 2. The molecule has 1 amide bonds. The lowest BCUT2D eigenvalue weighted by atomic mass is 10.2. The van der Waals surface area contributed by atoms with Gasteiger partial charge in [0, 0.05) is 6.20 Å². The predicted octanol–water partition coefficient (Wildman–Crippen LogP) is 3.73. The molecule has 1 aromatic carbocycles. The van der Waals surface area contributed by atoms with E-state index in [0.717, 1.165) is 16.9 Å². The summed E-state index contributed by atoms with van der Waals surface area (Å²) in [4.78, 5) is 16.5. The maximum atomic E-state index is 11.4. The van der Waals surface area contributed by atoms with Gasteiger partial charge >= 0.3 is 0 Å². The molecule has 2 aromatic heterocycles. The van der Waals surface area contributed by atoms with Crippen LogP contribution in [0.1, 0.15) is 15.2 Å². The van der Waals surface area contributed by atoms with Crippen molar-refractivity contribution in [3.8, 4) is 11.5 Å². The van der Waals surface area contributed by atoms with Crippen LogP contribution in [0.4, 0.5) is 5.69 Å². The van der Waals surface area contributed by atoms with E-state index in [-0.39, 0.29) is 10.6 Å². The highest BCUT2D eigenvalue weighted by atomic mass is 35.5. The average molecular weight is 334 g/mol. The number of anilines is 1. The number of nitrogens with two attached hydrogens (primary N) is 2. The van der Waals surface area contributed by atoms with Gasteiger partial charge in [0.2, 0.25) is 0 Å². The first kappa shape index (κ1) is 14.6. The Balaban J connectivity index is 2.18. The van der Waals surface area contributed by atoms with Crippen molar-refractivity contribution in [2.45, 2.75) is 6.92 Å². The summed E-state index contributed by atoms with van der Waals surface area (Å²) < 4.78 is 5.93. The lowest BCUT2D eigenvalue weighted by Gasteiger charge is -2.11. The molecule has 3 aromatic rings. The van der Waals surface area contributed by atoms with Gasteiger partial charge in [-0.1, -0.05) is 23.7 Å². The fraction of sp³-hybridized carbons (Fsp3) is 0.0667. The molecule has 4 N–H and O–H groups in total. The molecule has 0 unspecified atom stereocenters. The largest absolute Gasteiger partial charge is 0.455 e. The van der Waals surface area contributed by atoms with E-state index in [1.807, 2.05) is 19.1 Å². The Hall–Kier alpha value is -2.31. The molecule has 0 atom stereocenters. The number of nitrogens with zero attached hydrogens (tertiary/aromatic N) is 1. The number of nitrogen functional groups attached to an aromatic ring is 1. The van der Waals surface area contributed by atoms with Crippen LogP contribution >= 0.6 is 22.9 Å². The van der Waals surface area contributed by atoms with E-state index in [1.54, 1.807) is 18.3 Å². The van der Waals surface area contributed by atoms with E-state index in [2.05, 4.69) is 4.98 Å². The van der Waals surface area contributed by atoms with Gasteiger partial charge in [-0.3, -0.25) is 4.79 Å². The zero-order chi connectivity index (χ0) is 15.9. The minimum atomic E-state index is -0.583. The summed E-state index contributed by atoms with van der Waals surface area (Å²) in [7, 11) is 0. The first-order valence-corrected chi connectivity index (χ1v) is 7.58. The number of ether oxygens (including phenoxy) is 1. The molecule has 0 fully saturated rings. The number of para-hydroxylation sites is 1. The third-order valence-corrected chi connectivity index (χ3v) is 4.62. The van der Waals surface area contributed by atoms with Gasteiger partial charge in [0.15, 0.2) is 0 Å². The van der Waals surface area contributed by atoms with Crippen molar-refractivity contribution < 1.29 is 9.53 Å². The van der Waals surface area contributed by atoms with E-state index in [9.17, 15) is 4.79 Å². The van der Waals surface area contributed by atoms with Gasteiger partial charge in [-0.15, -0.1) is 11.3 Å². The van der Waals surface area contributed by atoms with Crippen LogP contribution in [0.3, 0.4) is 0 Å². The number of fused-ring (bicyclic) bond motifs is 1. The zero-order valence-corrected chi connectivity index (χ0v) is 13.2. The number of benzene rings is 1. The second-order valence-electron chi connectivity index (χ2n) is 4.69. The Labute approximate surface area is 135 Å². The van der Waals surface area contributed by atoms with Crippen LogP contribution < -0.4 is 16.2 Å². The normalized spacial score (nSPS) is 10.8. The minimum absolute atomic E-state index is 0.273. The molecule has 0 aliphatic rings. The quantitative estimate of drug-likeness (QED) is 0.764. The standard InChI is InChI=1S/C15H12ClN3O2S/c1-7-3-2-4-8(16)12(7)21-9-5-6-19-15-10(9)11(17)13(22-15)14(18)20/h2-6H,17H2,1H3,(H2,18,20). The fourth-order valence-corrected chi connectivity index (χ4v) is 3.33. The summed E-state index contributed by atoms with van der Waals surface area (Å²) >= 11 is 7.32. The van der Waals surface area contributed by atoms with Gasteiger partial charge in [0.25, 0.3) is 5.91 Å². The second kappa shape index (κ2) is 5.47. The molecule has 0 aliphatic carbocycles. The number of rotatable bonds is 3. The van der Waals surface area contributed by atoms with E-state index < -0.39 is 5.91 Å². The number of aromatic nitrogens is 1. The van der Waals surface area contributed by atoms with Gasteiger partial charge in [0.1, 0.15) is 21.2 Å². The zero-order valence-electron chi connectivity index (χ0n) is 11.6. The molecule has 3 rings (SSSR count). The summed E-state index contributed by atoms with van der Waals surface area (Å²) in [6.45, 7) is 1.89. The van der Waals surface area contributed by atoms with Crippen LogP contribution in [0, 0.1) is 6.92 Å². The van der Waals surface area contributed by atoms with Crippen LogP contribution in [-0.4, -0.2) is 10.9 Å². The van der Waals surface area contributed by atoms with Crippen LogP contribution in [-0.2, 0) is 0 Å². The summed E-state index contributed by atoms with van der Waals surface area (Å²) in [5.41, 5.74) is 12.5. The van der Waals surface area contributed by atoms with Gasteiger partial charge in [-0.2, -0.15) is 0 Å². The molecule has 7 heteroatoms. The van der Waals surface area contributed by atoms with Gasteiger partial charge in [-0.25, -0.2) is 4.98 Å². The highest BCUT2D eigenvalue weighted by Gasteiger charge is 2.19. The molecular formula is C15H12ClN3O2S. The number of amides is 1. The number of primary amides is 1. The lowest BCUT2D eigenvalue weighted by molar-refractivity contribution is 0.100. The summed E-state index contributed by atoms with van der Waals surface area (Å²) in [6.07, 6.45) is 1.59. The molecular weight excluding hydrogens is 322 g/mol. The molecule has 112 valence electrons. The number of thiophene rings is 1. The highest BCUT2D eigenvalue weighted by molar-refractivity contribution is 7.21. The first-order valence-electron chi connectivity index (χ1n) is 6.38. The Morgan fingerprint density at radius 2 is 2.14 bits per heavy atom. The molecule has 0 spiro atoms. The van der Waals surface area contributed by atoms with E-state index >= 15 is 0 Å². The van der Waals surface area contributed by atoms with Crippen LogP contribution in [0.5, 0.6) is 11.5 Å². The highest BCUT2D eigenvalue weighted by Crippen LogP contribution is 2.41. The SMILES string of the molecule is Cc1cccc(Cl)c1Oc1ccnc2sc(C(N)=O)c(N)c12. The first-order chi connectivity index (χ1) is 10.5. The Morgan fingerprint density at radius 1 is 1.36 bits per heavy atom. The molecule has 0 saturated carbocycles. The number of halogens is 1. The van der Waals surface area contributed by atoms with Crippen molar-refractivity contribution in [2.24, 2.45) is 5.73 Å². The lowest BCUT2D eigenvalue weighted by Crippen LogP contribution is -2.10. The van der Waals surface area contributed by atoms with Crippen molar-refractivity contribution >= 4 is 44.7 Å². The summed E-state index contributed by atoms with van der Waals surface area (Å²) in [5, 5.41) is 1.06. The van der Waals surface area contributed by atoms with Crippen LogP contribution in [0.2, 0.25) is 5.02 Å². The number of carbonyl (C=O) groups excluding carboxylic acids is 1. The second-order valence-corrected chi connectivity index (χ2v) is 6.09. The topological polar surface area (TPSA) is 91.2 Å². The Bertz CT molecular complexity index is 872. The third-order valence-electron chi connectivity index (χ3n) is 3.19. The van der Waals surface area contributed by atoms with Crippen molar-refractivity contribution in [2.75, 3.05) is 5.73 Å². The van der Waals surface area contributed by atoms with Crippen LogP contribution in [0.25, 0.3) is 10.2 Å². The number of pyridine rings is 1. The monoisotopic (exact) mass is 333 g/mol. The molecule has 2 heterocycles. The van der Waals surface area contributed by atoms with E-state index in [4.69, 9.17) is 27.8 Å². The van der Waals surface area contributed by atoms with Gasteiger partial charge < -0.3 is 16.2 Å². The number of aryl methyl sites for hydroxylation is 1. The van der Waals surface area contributed by atoms with E-state index in [1.165, 1.54) is 0 Å². The van der Waals surface area contributed by atoms with Gasteiger partial charge in [-0.05, 0) is 24.6 Å². The van der Waals surface area contributed by atoms with E-state index in [0.29, 0.717) is 26.7 Å². The average Bonchev–Trinajstić information content (AvgIpc) is 2.81. The molecule has 0 bridgehead atoms. The smallest absolute Gasteiger partial charge is 0.260 e. The number of carbonyl (C=O) groups is 1. The maximum absolute atomic E-state index is 11.4. The summed E-state index contributed by atoms with van der Waals surface area (Å²) in [5.74, 6) is 0.450. The molecule has 5 nitrogen and oxygen atoms in total. The molecule has 0 saturated heterocycles. The molecule has 0 radical (unpaired) electrons. The van der Waals surface area contributed by atoms with Crippen molar-refractivity contribution in [3.05, 3.63) is 45.9 Å². The Kier molecular flexibility index (Phi) is 3.64.